The van der Waals surface area contributed by atoms with Gasteiger partial charge in [0.1, 0.15) is 0 Å². The van der Waals surface area contributed by atoms with Crippen molar-refractivity contribution < 1.29 is 0 Å². The molecule has 110 valence electrons. The summed E-state index contributed by atoms with van der Waals surface area (Å²) >= 11 is 0. The average Bonchev–Trinajstić information content (AvgIpc) is 3.08. The highest BCUT2D eigenvalue weighted by molar-refractivity contribution is 5.97. The Morgan fingerprint density at radius 1 is 0.818 bits per heavy atom. The summed E-state index contributed by atoms with van der Waals surface area (Å²) in [6, 6.07) is 22.6. The minimum Gasteiger partial charge on any atom is -0.0614 e. The van der Waals surface area contributed by atoms with Gasteiger partial charge >= 0.3 is 0 Å². The van der Waals surface area contributed by atoms with Crippen LogP contribution in [0.4, 0.5) is 0 Å². The third-order valence-electron chi connectivity index (χ3n) is 5.06. The Morgan fingerprint density at radius 3 is 2.45 bits per heavy atom. The van der Waals surface area contributed by atoms with Gasteiger partial charge in [-0.25, -0.2) is 0 Å². The van der Waals surface area contributed by atoms with Gasteiger partial charge in [-0.1, -0.05) is 79.1 Å². The lowest BCUT2D eigenvalue weighted by molar-refractivity contribution is 0.724. The molecule has 0 aromatic heterocycles. The number of benzene rings is 3. The minimum absolute atomic E-state index is 0.784. The molecule has 0 nitrogen and oxygen atoms in total. The zero-order valence-corrected chi connectivity index (χ0v) is 13.2. The molecule has 0 spiro atoms. The summed E-state index contributed by atoms with van der Waals surface area (Å²) in [4.78, 5) is 0. The Kier molecular flexibility index (Phi) is 3.46. The van der Waals surface area contributed by atoms with Crippen molar-refractivity contribution in [2.24, 2.45) is 0 Å². The molecule has 0 amide bonds. The van der Waals surface area contributed by atoms with Gasteiger partial charge in [-0.05, 0) is 53.1 Å². The van der Waals surface area contributed by atoms with Crippen LogP contribution in [0.25, 0.3) is 21.9 Å². The standard InChI is InChI=1S/C22H22/c1-16-6-4-9-19(14-16)21-11-5-10-20-15-18(12-13-22(20)21)17-7-2-3-8-17/h4-6,9-15,17H,2-3,7-8H2,1H3. The third kappa shape index (κ3) is 2.43. The number of aryl methyl sites for hydroxylation is 1. The van der Waals surface area contributed by atoms with Crippen LogP contribution >= 0.6 is 0 Å². The summed E-state index contributed by atoms with van der Waals surface area (Å²) in [7, 11) is 0. The molecule has 3 aromatic rings. The monoisotopic (exact) mass is 286 g/mol. The molecule has 3 aromatic carbocycles. The molecule has 0 N–H and O–H groups in total. The van der Waals surface area contributed by atoms with Gasteiger partial charge in [-0.15, -0.1) is 0 Å². The van der Waals surface area contributed by atoms with Crippen LogP contribution in [0.1, 0.15) is 42.7 Å². The molecular formula is C22H22. The molecule has 1 saturated carbocycles. The van der Waals surface area contributed by atoms with Crippen molar-refractivity contribution in [3.63, 3.8) is 0 Å². The van der Waals surface area contributed by atoms with Crippen LogP contribution in [0.3, 0.4) is 0 Å². The Hall–Kier alpha value is -2.08. The first-order chi connectivity index (χ1) is 10.8. The van der Waals surface area contributed by atoms with E-state index in [1.807, 2.05) is 0 Å². The van der Waals surface area contributed by atoms with Crippen LogP contribution in [0.2, 0.25) is 0 Å². The maximum absolute atomic E-state index is 2.42. The molecule has 4 rings (SSSR count). The molecular weight excluding hydrogens is 264 g/mol. The Labute approximate surface area is 132 Å². The zero-order valence-electron chi connectivity index (χ0n) is 13.2. The van der Waals surface area contributed by atoms with Gasteiger partial charge < -0.3 is 0 Å². The van der Waals surface area contributed by atoms with Gasteiger partial charge in [0.25, 0.3) is 0 Å². The van der Waals surface area contributed by atoms with E-state index >= 15 is 0 Å². The van der Waals surface area contributed by atoms with E-state index in [0.717, 1.165) is 5.92 Å². The zero-order chi connectivity index (χ0) is 14.9. The van der Waals surface area contributed by atoms with Gasteiger partial charge in [0, 0.05) is 0 Å². The Balaban J connectivity index is 1.83. The van der Waals surface area contributed by atoms with E-state index in [4.69, 9.17) is 0 Å². The molecule has 0 heterocycles. The molecule has 0 bridgehead atoms. The summed E-state index contributed by atoms with van der Waals surface area (Å²) in [5.74, 6) is 0.784. The molecule has 1 fully saturated rings. The molecule has 0 unspecified atom stereocenters. The van der Waals surface area contributed by atoms with Gasteiger partial charge in [0.15, 0.2) is 0 Å². The Bertz CT molecular complexity index is 807. The minimum atomic E-state index is 0.784. The maximum atomic E-state index is 2.42. The second kappa shape index (κ2) is 5.61. The first kappa shape index (κ1) is 13.6. The number of rotatable bonds is 2. The topological polar surface area (TPSA) is 0 Å². The van der Waals surface area contributed by atoms with Crippen molar-refractivity contribution in [1.82, 2.24) is 0 Å². The third-order valence-corrected chi connectivity index (χ3v) is 5.06. The van der Waals surface area contributed by atoms with Crippen LogP contribution in [-0.4, -0.2) is 0 Å². The SMILES string of the molecule is Cc1cccc(-c2cccc3cc(C4CCCC4)ccc23)c1. The molecule has 0 atom stereocenters. The van der Waals surface area contributed by atoms with E-state index in [0.29, 0.717) is 0 Å². The quantitative estimate of drug-likeness (QED) is 0.506. The lowest BCUT2D eigenvalue weighted by Gasteiger charge is -2.13. The van der Waals surface area contributed by atoms with E-state index in [-0.39, 0.29) is 0 Å². The molecule has 1 aliphatic carbocycles. The summed E-state index contributed by atoms with van der Waals surface area (Å²) in [5, 5.41) is 2.75. The molecule has 0 saturated heterocycles. The maximum Gasteiger partial charge on any atom is -0.0105 e. The number of fused-ring (bicyclic) bond motifs is 1. The Morgan fingerprint density at radius 2 is 1.64 bits per heavy atom. The summed E-state index contributed by atoms with van der Waals surface area (Å²) in [5.41, 5.74) is 5.52. The van der Waals surface area contributed by atoms with Crippen molar-refractivity contribution in [2.75, 3.05) is 0 Å². The van der Waals surface area contributed by atoms with Crippen LogP contribution in [0.15, 0.2) is 60.7 Å². The van der Waals surface area contributed by atoms with Crippen molar-refractivity contribution in [3.8, 4) is 11.1 Å². The molecule has 0 aliphatic heterocycles. The second-order valence-corrected chi connectivity index (χ2v) is 6.64. The summed E-state index contributed by atoms with van der Waals surface area (Å²) < 4.78 is 0. The molecule has 0 heteroatoms. The summed E-state index contributed by atoms with van der Waals surface area (Å²) in [6.45, 7) is 2.16. The van der Waals surface area contributed by atoms with E-state index in [2.05, 4.69) is 67.6 Å². The predicted molar refractivity (Wildman–Crippen MR) is 95.3 cm³/mol. The van der Waals surface area contributed by atoms with Gasteiger partial charge in [-0.3, -0.25) is 0 Å². The van der Waals surface area contributed by atoms with Gasteiger partial charge in [0.2, 0.25) is 0 Å². The van der Waals surface area contributed by atoms with Crippen LogP contribution < -0.4 is 0 Å². The lowest BCUT2D eigenvalue weighted by Crippen LogP contribution is -1.92. The molecule has 0 radical (unpaired) electrons. The van der Waals surface area contributed by atoms with Gasteiger partial charge in [0.05, 0.1) is 0 Å². The predicted octanol–water partition coefficient (Wildman–Crippen LogP) is 6.47. The molecule has 1 aliphatic rings. The van der Waals surface area contributed by atoms with E-state index in [1.54, 1.807) is 0 Å². The smallest absolute Gasteiger partial charge is 0.0105 e. The van der Waals surface area contributed by atoms with Gasteiger partial charge in [-0.2, -0.15) is 0 Å². The number of hydrogen-bond acceptors (Lipinski definition) is 0. The highest BCUT2D eigenvalue weighted by atomic mass is 14.2. The largest absolute Gasteiger partial charge is 0.0614 e. The van der Waals surface area contributed by atoms with Crippen LogP contribution in [-0.2, 0) is 0 Å². The van der Waals surface area contributed by atoms with Crippen molar-refractivity contribution in [3.05, 3.63) is 71.8 Å². The highest BCUT2D eigenvalue weighted by Crippen LogP contribution is 2.37. The van der Waals surface area contributed by atoms with Crippen LogP contribution in [0, 0.1) is 6.92 Å². The lowest BCUT2D eigenvalue weighted by atomic mass is 9.92. The fourth-order valence-corrected chi connectivity index (χ4v) is 3.88. The fraction of sp³-hybridized carbons (Fsp3) is 0.273. The van der Waals surface area contributed by atoms with Crippen molar-refractivity contribution >= 4 is 10.8 Å². The summed E-state index contributed by atoms with van der Waals surface area (Å²) in [6.07, 6.45) is 5.52. The first-order valence-electron chi connectivity index (χ1n) is 8.41. The van der Waals surface area contributed by atoms with Crippen LogP contribution in [0.5, 0.6) is 0 Å². The highest BCUT2D eigenvalue weighted by Gasteiger charge is 2.17. The normalized spacial score (nSPS) is 15.5. The molecule has 22 heavy (non-hydrogen) atoms. The first-order valence-corrected chi connectivity index (χ1v) is 8.41. The second-order valence-electron chi connectivity index (χ2n) is 6.64. The fourth-order valence-electron chi connectivity index (χ4n) is 3.88. The van der Waals surface area contributed by atoms with Crippen molar-refractivity contribution in [1.29, 1.82) is 0 Å². The van der Waals surface area contributed by atoms with E-state index in [1.165, 1.54) is 58.7 Å². The van der Waals surface area contributed by atoms with E-state index in [9.17, 15) is 0 Å². The number of hydrogen-bond donors (Lipinski definition) is 0. The average molecular weight is 286 g/mol. The van der Waals surface area contributed by atoms with E-state index < -0.39 is 0 Å². The van der Waals surface area contributed by atoms with Crippen molar-refractivity contribution in [2.45, 2.75) is 38.5 Å².